The first-order valence-corrected chi connectivity index (χ1v) is 13.1. The number of rotatable bonds is 8. The van der Waals surface area contributed by atoms with Crippen LogP contribution in [0.2, 0.25) is 0 Å². The number of aliphatic hydroxyl groups is 1. The number of methoxy groups -OCH3 is 1. The lowest BCUT2D eigenvalue weighted by Crippen LogP contribution is -2.42. The highest BCUT2D eigenvalue weighted by Crippen LogP contribution is 2.42. The quantitative estimate of drug-likeness (QED) is 0.321. The molecule has 2 aromatic rings. The lowest BCUT2D eigenvalue weighted by atomic mass is 9.94. The van der Waals surface area contributed by atoms with Gasteiger partial charge in [-0.2, -0.15) is 0 Å². The van der Waals surface area contributed by atoms with Crippen LogP contribution in [0.15, 0.2) is 42.0 Å². The second-order valence-electron chi connectivity index (χ2n) is 9.74. The van der Waals surface area contributed by atoms with E-state index in [0.29, 0.717) is 62.0 Å². The predicted octanol–water partition coefficient (Wildman–Crippen LogP) is 3.17. The van der Waals surface area contributed by atoms with Gasteiger partial charge in [0.2, 0.25) is 0 Å². The van der Waals surface area contributed by atoms with Crippen LogP contribution in [0.5, 0.6) is 17.2 Å². The highest BCUT2D eigenvalue weighted by Gasteiger charge is 2.46. The zero-order valence-corrected chi connectivity index (χ0v) is 22.1. The van der Waals surface area contributed by atoms with Crippen LogP contribution in [0.3, 0.4) is 0 Å². The van der Waals surface area contributed by atoms with Crippen molar-refractivity contribution in [3.8, 4) is 17.2 Å². The van der Waals surface area contributed by atoms with Gasteiger partial charge in [0.15, 0.2) is 11.5 Å². The molecule has 2 unspecified atom stereocenters. The molecule has 1 N–H and O–H groups in total. The van der Waals surface area contributed by atoms with Gasteiger partial charge in [0, 0.05) is 38.2 Å². The summed E-state index contributed by atoms with van der Waals surface area (Å²) in [6, 6.07) is 9.95. The molecule has 2 fully saturated rings. The molecule has 3 aliphatic heterocycles. The number of nitrogens with zero attached hydrogens (tertiary/aromatic N) is 2. The van der Waals surface area contributed by atoms with E-state index in [1.54, 1.807) is 36.3 Å². The summed E-state index contributed by atoms with van der Waals surface area (Å²) in [5, 5.41) is 11.5. The number of likely N-dealkylation sites (tertiary alicyclic amines) is 1. The summed E-state index contributed by atoms with van der Waals surface area (Å²) in [4.78, 5) is 30.6. The molecule has 1 amide bonds. The van der Waals surface area contributed by atoms with Crippen molar-refractivity contribution in [1.29, 1.82) is 0 Å². The van der Waals surface area contributed by atoms with Gasteiger partial charge in [-0.05, 0) is 55.3 Å². The molecule has 0 spiro atoms. The Labute approximate surface area is 222 Å². The molecule has 202 valence electrons. The maximum absolute atomic E-state index is 13.5. The average molecular weight is 523 g/mol. The summed E-state index contributed by atoms with van der Waals surface area (Å²) in [6.07, 6.45) is 0.758. The molecule has 0 aliphatic carbocycles. The van der Waals surface area contributed by atoms with Crippen LogP contribution >= 0.6 is 0 Å². The van der Waals surface area contributed by atoms with E-state index >= 15 is 0 Å². The van der Waals surface area contributed by atoms with Crippen molar-refractivity contribution in [2.45, 2.75) is 32.4 Å². The lowest BCUT2D eigenvalue weighted by Gasteiger charge is -2.31. The van der Waals surface area contributed by atoms with Crippen LogP contribution in [0.4, 0.5) is 0 Å². The standard InChI is InChI=1S/C29H34N2O7/c1-4-37-23-8-5-19(17-24(23)35-3)26-25(27(32)20-6-7-22-21(16-20)15-18(2)38-22)28(33)29(34)31(26)10-9-30-11-13-36-14-12-30/h5-8,16-18,26,32H,4,9-15H2,1-3H3. The minimum absolute atomic E-state index is 0.0458. The monoisotopic (exact) mass is 522 g/mol. The molecule has 0 radical (unpaired) electrons. The molecule has 2 saturated heterocycles. The zero-order valence-electron chi connectivity index (χ0n) is 22.1. The number of ether oxygens (including phenoxy) is 4. The fraction of sp³-hybridized carbons (Fsp3) is 0.448. The largest absolute Gasteiger partial charge is 0.507 e. The van der Waals surface area contributed by atoms with Gasteiger partial charge in [-0.25, -0.2) is 0 Å². The minimum Gasteiger partial charge on any atom is -0.507 e. The topological polar surface area (TPSA) is 97.8 Å². The molecule has 2 atom stereocenters. The molecule has 0 saturated carbocycles. The molecule has 0 aromatic heterocycles. The van der Waals surface area contributed by atoms with E-state index in [-0.39, 0.29) is 17.4 Å². The minimum atomic E-state index is -0.774. The van der Waals surface area contributed by atoms with Gasteiger partial charge in [0.05, 0.1) is 38.5 Å². The average Bonchev–Trinajstić information content (AvgIpc) is 3.43. The van der Waals surface area contributed by atoms with Gasteiger partial charge in [-0.3, -0.25) is 14.5 Å². The Morgan fingerprint density at radius 2 is 1.87 bits per heavy atom. The van der Waals surface area contributed by atoms with Crippen LogP contribution in [0.1, 0.15) is 36.6 Å². The number of carbonyl (C=O) groups is 2. The molecule has 0 bridgehead atoms. The number of hydrogen-bond donors (Lipinski definition) is 1. The van der Waals surface area contributed by atoms with Crippen molar-refractivity contribution in [1.82, 2.24) is 9.80 Å². The summed E-state index contributed by atoms with van der Waals surface area (Å²) in [5.41, 5.74) is 2.17. The number of fused-ring (bicyclic) bond motifs is 1. The Morgan fingerprint density at radius 3 is 2.61 bits per heavy atom. The number of benzene rings is 2. The molecule has 9 nitrogen and oxygen atoms in total. The zero-order chi connectivity index (χ0) is 26.8. The van der Waals surface area contributed by atoms with Gasteiger partial charge in [-0.15, -0.1) is 0 Å². The number of carbonyl (C=O) groups excluding carboxylic acids is 2. The van der Waals surface area contributed by atoms with Crippen LogP contribution in [0, 0.1) is 0 Å². The van der Waals surface area contributed by atoms with Gasteiger partial charge >= 0.3 is 0 Å². The van der Waals surface area contributed by atoms with Crippen molar-refractivity contribution in [3.05, 3.63) is 58.7 Å². The van der Waals surface area contributed by atoms with Crippen LogP contribution in [0.25, 0.3) is 5.76 Å². The number of morpholine rings is 1. The van der Waals surface area contributed by atoms with Crippen molar-refractivity contribution in [2.75, 3.05) is 53.1 Å². The summed E-state index contributed by atoms with van der Waals surface area (Å²) >= 11 is 0. The van der Waals surface area contributed by atoms with Gasteiger partial charge < -0.3 is 29.0 Å². The number of ketones is 1. The number of Topliss-reactive ketones (excluding diaryl/α,β-unsaturated/α-hetero) is 1. The van der Waals surface area contributed by atoms with Crippen LogP contribution in [-0.2, 0) is 20.7 Å². The fourth-order valence-corrected chi connectivity index (χ4v) is 5.38. The summed E-state index contributed by atoms with van der Waals surface area (Å²) in [5.74, 6) is 0.303. The Kier molecular flexibility index (Phi) is 7.58. The van der Waals surface area contributed by atoms with Gasteiger partial charge in [0.25, 0.3) is 11.7 Å². The van der Waals surface area contributed by atoms with Crippen LogP contribution < -0.4 is 14.2 Å². The maximum Gasteiger partial charge on any atom is 0.295 e. The van der Waals surface area contributed by atoms with Crippen molar-refractivity contribution in [2.24, 2.45) is 0 Å². The molecular formula is C29H34N2O7. The Morgan fingerprint density at radius 1 is 1.08 bits per heavy atom. The normalized spacial score (nSPS) is 22.9. The number of hydrogen-bond acceptors (Lipinski definition) is 8. The lowest BCUT2D eigenvalue weighted by molar-refractivity contribution is -0.140. The third kappa shape index (κ3) is 4.96. The third-order valence-electron chi connectivity index (χ3n) is 7.27. The third-order valence-corrected chi connectivity index (χ3v) is 7.27. The first-order valence-electron chi connectivity index (χ1n) is 13.1. The van der Waals surface area contributed by atoms with Crippen molar-refractivity contribution >= 4 is 17.4 Å². The molecule has 2 aromatic carbocycles. The second kappa shape index (κ2) is 11.0. The summed E-state index contributed by atoms with van der Waals surface area (Å²) in [7, 11) is 1.55. The second-order valence-corrected chi connectivity index (χ2v) is 9.74. The first-order chi connectivity index (χ1) is 18.4. The van der Waals surface area contributed by atoms with Gasteiger partial charge in [-0.1, -0.05) is 6.07 Å². The van der Waals surface area contributed by atoms with E-state index in [9.17, 15) is 14.7 Å². The van der Waals surface area contributed by atoms with E-state index in [1.807, 2.05) is 26.0 Å². The SMILES string of the molecule is CCOc1ccc(C2C(=C(O)c3ccc4c(c3)CC(C)O4)C(=O)C(=O)N2CCN2CCOCC2)cc1OC. The van der Waals surface area contributed by atoms with E-state index in [0.717, 1.165) is 24.4 Å². The molecule has 38 heavy (non-hydrogen) atoms. The van der Waals surface area contributed by atoms with Crippen molar-refractivity contribution < 1.29 is 33.6 Å². The van der Waals surface area contributed by atoms with Crippen molar-refractivity contribution in [3.63, 3.8) is 0 Å². The number of aliphatic hydroxyl groups excluding tert-OH is 1. The first kappa shape index (κ1) is 26.1. The van der Waals surface area contributed by atoms with Gasteiger partial charge in [0.1, 0.15) is 17.6 Å². The predicted molar refractivity (Wildman–Crippen MR) is 141 cm³/mol. The highest BCUT2D eigenvalue weighted by atomic mass is 16.5. The molecule has 3 aliphatic rings. The Hall–Kier alpha value is -3.56. The highest BCUT2D eigenvalue weighted by molar-refractivity contribution is 6.46. The summed E-state index contributed by atoms with van der Waals surface area (Å²) in [6.45, 7) is 8.07. The Balaban J connectivity index is 1.56. The Bertz CT molecular complexity index is 1250. The maximum atomic E-state index is 13.5. The summed E-state index contributed by atoms with van der Waals surface area (Å²) < 4.78 is 22.5. The smallest absolute Gasteiger partial charge is 0.295 e. The molecule has 5 rings (SSSR count). The number of amides is 1. The van der Waals surface area contributed by atoms with E-state index in [4.69, 9.17) is 18.9 Å². The molecular weight excluding hydrogens is 488 g/mol. The van der Waals surface area contributed by atoms with E-state index < -0.39 is 17.7 Å². The fourth-order valence-electron chi connectivity index (χ4n) is 5.38. The van der Waals surface area contributed by atoms with E-state index in [1.165, 1.54) is 0 Å². The molecule has 3 heterocycles. The van der Waals surface area contributed by atoms with Crippen LogP contribution in [-0.4, -0.2) is 85.8 Å². The van der Waals surface area contributed by atoms with E-state index in [2.05, 4.69) is 4.90 Å². The molecule has 9 heteroatoms.